The minimum absolute atomic E-state index is 0.0883. The molecule has 46 heavy (non-hydrogen) atoms. The van der Waals surface area contributed by atoms with Crippen LogP contribution in [-0.4, -0.2) is 83.6 Å². The summed E-state index contributed by atoms with van der Waals surface area (Å²) in [5.74, 6) is -0.438. The zero-order valence-electron chi connectivity index (χ0n) is 27.7. The summed E-state index contributed by atoms with van der Waals surface area (Å²) >= 11 is 0. The van der Waals surface area contributed by atoms with E-state index in [-0.39, 0.29) is 83.8 Å². The number of nitrogens with zero attached hydrogens (tertiary/aromatic N) is 2. The van der Waals surface area contributed by atoms with Gasteiger partial charge in [0.1, 0.15) is 11.5 Å². The molecule has 6 N–H and O–H groups in total. The van der Waals surface area contributed by atoms with Crippen LogP contribution in [-0.2, 0) is 0 Å². The second-order valence-electron chi connectivity index (χ2n) is 11.9. The Hall–Kier alpha value is -4.54. The molecule has 0 aromatic heterocycles. The average molecular weight is 633 g/mol. The number of fused-ring (bicyclic) bond motifs is 2. The molecular formula is C36H44N2O8. The third-order valence-corrected chi connectivity index (χ3v) is 8.26. The maximum Gasteiger partial charge on any atom is 0.167 e. The molecule has 0 unspecified atom stereocenters. The van der Waals surface area contributed by atoms with Crippen LogP contribution >= 0.6 is 0 Å². The van der Waals surface area contributed by atoms with E-state index in [0.29, 0.717) is 54.9 Å². The summed E-state index contributed by atoms with van der Waals surface area (Å²) in [6, 6.07) is 3.78. The molecule has 4 rings (SSSR count). The van der Waals surface area contributed by atoms with Gasteiger partial charge in [0.05, 0.1) is 40.5 Å². The maximum atomic E-state index is 12.2. The Kier molecular flexibility index (Phi) is 10.3. The lowest BCUT2D eigenvalue weighted by molar-refractivity contribution is 0.307. The summed E-state index contributed by atoms with van der Waals surface area (Å²) < 4.78 is 11.3. The molecule has 0 saturated carbocycles. The van der Waals surface area contributed by atoms with Crippen LogP contribution in [0.2, 0.25) is 0 Å². The lowest BCUT2D eigenvalue weighted by Gasteiger charge is -2.24. The van der Waals surface area contributed by atoms with Crippen LogP contribution in [0.15, 0.2) is 22.1 Å². The molecule has 0 fully saturated rings. The number of aliphatic hydroxyl groups excluding tert-OH is 2. The molecule has 10 heteroatoms. The minimum Gasteiger partial charge on any atom is -0.507 e. The highest BCUT2D eigenvalue weighted by atomic mass is 16.5. The van der Waals surface area contributed by atoms with Gasteiger partial charge in [-0.2, -0.15) is 0 Å². The highest BCUT2D eigenvalue weighted by molar-refractivity contribution is 6.15. The normalized spacial score (nSPS) is 12.2. The van der Waals surface area contributed by atoms with E-state index < -0.39 is 0 Å². The van der Waals surface area contributed by atoms with Crippen LogP contribution in [0, 0.1) is 13.8 Å². The quantitative estimate of drug-likeness (QED) is 0.107. The number of hydrogen-bond acceptors (Lipinski definition) is 10. The summed E-state index contributed by atoms with van der Waals surface area (Å²) in [6.45, 7) is 11.3. The van der Waals surface area contributed by atoms with Crippen molar-refractivity contribution in [1.29, 1.82) is 0 Å². The predicted octanol–water partition coefficient (Wildman–Crippen LogP) is 6.19. The van der Waals surface area contributed by atoms with Gasteiger partial charge in [0.2, 0.25) is 0 Å². The van der Waals surface area contributed by atoms with Gasteiger partial charge in [0, 0.05) is 56.6 Å². The molecule has 0 heterocycles. The van der Waals surface area contributed by atoms with E-state index in [2.05, 4.69) is 9.98 Å². The lowest BCUT2D eigenvalue weighted by atomic mass is 9.83. The first kappa shape index (κ1) is 34.3. The summed E-state index contributed by atoms with van der Waals surface area (Å²) in [6.07, 6.45) is 2.81. The van der Waals surface area contributed by atoms with Gasteiger partial charge in [-0.15, -0.1) is 0 Å². The number of aromatic hydroxyl groups is 4. The molecule has 0 aliphatic rings. The van der Waals surface area contributed by atoms with Crippen molar-refractivity contribution in [3.63, 3.8) is 0 Å². The number of ether oxygens (including phenoxy) is 2. The topological polar surface area (TPSA) is 165 Å². The number of phenolic OH excluding ortho intramolecular Hbond substituents is 4. The monoisotopic (exact) mass is 632 g/mol. The first-order chi connectivity index (χ1) is 21.9. The van der Waals surface area contributed by atoms with Gasteiger partial charge in [-0.05, 0) is 47.6 Å². The zero-order chi connectivity index (χ0) is 34.0. The highest BCUT2D eigenvalue weighted by Gasteiger charge is 2.30. The van der Waals surface area contributed by atoms with Gasteiger partial charge in [0.15, 0.2) is 23.0 Å². The number of aliphatic imine (C=N–C) groups is 2. The fraction of sp³-hybridized carbons (Fsp3) is 0.389. The number of benzene rings is 4. The Balaban J connectivity index is 2.26. The maximum absolute atomic E-state index is 12.2. The zero-order valence-corrected chi connectivity index (χ0v) is 27.7. The number of rotatable bonds is 11. The third-order valence-electron chi connectivity index (χ3n) is 8.26. The number of phenols is 4. The van der Waals surface area contributed by atoms with Crippen molar-refractivity contribution in [2.75, 3.05) is 40.5 Å². The van der Waals surface area contributed by atoms with Crippen LogP contribution in [0.5, 0.6) is 34.5 Å². The van der Waals surface area contributed by atoms with Crippen molar-refractivity contribution in [3.05, 3.63) is 45.5 Å². The van der Waals surface area contributed by atoms with E-state index in [1.165, 1.54) is 26.6 Å². The molecule has 0 atom stereocenters. The minimum atomic E-state index is -0.203. The Morgan fingerprint density at radius 2 is 0.978 bits per heavy atom. The van der Waals surface area contributed by atoms with Gasteiger partial charge in [-0.1, -0.05) is 39.8 Å². The molecule has 4 aromatic carbocycles. The van der Waals surface area contributed by atoms with E-state index in [4.69, 9.17) is 9.47 Å². The van der Waals surface area contributed by atoms with Crippen molar-refractivity contribution in [3.8, 4) is 45.6 Å². The van der Waals surface area contributed by atoms with Crippen LogP contribution in [0.4, 0.5) is 0 Å². The van der Waals surface area contributed by atoms with E-state index >= 15 is 0 Å². The SMILES string of the molecule is COc1c(O)c(C=NCCO)c2c(O)c(-c3c(C)cc4c(C(C)C)c(OC)c(O)c(C=NCCO)c4c3O)c(C)cc2c1C(C)C. The van der Waals surface area contributed by atoms with Gasteiger partial charge < -0.3 is 40.1 Å². The molecule has 0 aliphatic heterocycles. The van der Waals surface area contributed by atoms with Crippen LogP contribution < -0.4 is 9.47 Å². The standard InChI is InChI=1S/C36H44N2O8/c1-17(2)25-21-13-19(5)27(33(43)29(21)23(15-37-9-11-39)31(41)35(25)45-7)28-20(6)14-22-26(18(3)4)36(46-8)32(42)24(16-38-10-12-40)30(22)34(28)44/h13-18,39-44H,9-12H2,1-8H3. The molecule has 10 nitrogen and oxygen atoms in total. The Bertz CT molecular complexity index is 1720. The number of hydrogen-bond donors (Lipinski definition) is 6. The fourth-order valence-corrected chi connectivity index (χ4v) is 6.42. The van der Waals surface area contributed by atoms with Crippen molar-refractivity contribution in [2.45, 2.75) is 53.4 Å². The van der Waals surface area contributed by atoms with Gasteiger partial charge in [-0.3, -0.25) is 9.98 Å². The van der Waals surface area contributed by atoms with Crippen molar-refractivity contribution in [2.24, 2.45) is 9.98 Å². The van der Waals surface area contributed by atoms with Gasteiger partial charge >= 0.3 is 0 Å². The Morgan fingerprint density at radius 3 is 1.26 bits per heavy atom. The van der Waals surface area contributed by atoms with Gasteiger partial charge in [0.25, 0.3) is 0 Å². The Labute approximate surface area is 268 Å². The molecule has 0 bridgehead atoms. The largest absolute Gasteiger partial charge is 0.507 e. The second-order valence-corrected chi connectivity index (χ2v) is 11.9. The van der Waals surface area contributed by atoms with Crippen molar-refractivity contribution in [1.82, 2.24) is 0 Å². The van der Waals surface area contributed by atoms with E-state index in [1.807, 2.05) is 53.7 Å². The summed E-state index contributed by atoms with van der Waals surface area (Å²) in [7, 11) is 2.94. The van der Waals surface area contributed by atoms with Crippen molar-refractivity contribution >= 4 is 34.0 Å². The first-order valence-corrected chi connectivity index (χ1v) is 15.3. The third kappa shape index (κ3) is 5.67. The molecule has 0 amide bonds. The second kappa shape index (κ2) is 13.8. The molecule has 4 aromatic rings. The van der Waals surface area contributed by atoms with E-state index in [0.717, 1.165) is 0 Å². The molecule has 0 aliphatic carbocycles. The smallest absolute Gasteiger partial charge is 0.167 e. The van der Waals surface area contributed by atoms with Crippen LogP contribution in [0.1, 0.15) is 72.9 Å². The highest BCUT2D eigenvalue weighted by Crippen LogP contribution is 2.54. The number of methoxy groups -OCH3 is 2. The fourth-order valence-electron chi connectivity index (χ4n) is 6.42. The van der Waals surface area contributed by atoms with Crippen molar-refractivity contribution < 1.29 is 40.1 Å². The molecule has 0 spiro atoms. The lowest BCUT2D eigenvalue weighted by Crippen LogP contribution is -2.04. The number of aryl methyl sites for hydroxylation is 2. The molecule has 0 radical (unpaired) electrons. The van der Waals surface area contributed by atoms with E-state index in [9.17, 15) is 30.6 Å². The first-order valence-electron chi connectivity index (χ1n) is 15.3. The van der Waals surface area contributed by atoms with Crippen LogP contribution in [0.25, 0.3) is 32.7 Å². The molecule has 246 valence electrons. The summed E-state index contributed by atoms with van der Waals surface area (Å²) in [4.78, 5) is 8.48. The molecule has 0 saturated heterocycles. The predicted molar refractivity (Wildman–Crippen MR) is 183 cm³/mol. The van der Waals surface area contributed by atoms with Crippen LogP contribution in [0.3, 0.4) is 0 Å². The van der Waals surface area contributed by atoms with Gasteiger partial charge in [-0.25, -0.2) is 0 Å². The average Bonchev–Trinajstić information content (AvgIpc) is 2.99. The Morgan fingerprint density at radius 1 is 0.630 bits per heavy atom. The summed E-state index contributed by atoms with van der Waals surface area (Å²) in [5.41, 5.74) is 3.77. The van der Waals surface area contributed by atoms with E-state index in [1.54, 1.807) is 0 Å². The summed E-state index contributed by atoms with van der Waals surface area (Å²) in [5, 5.41) is 67.8. The number of aliphatic hydroxyl groups is 2. The molecular weight excluding hydrogens is 588 g/mol.